The van der Waals surface area contributed by atoms with E-state index < -0.39 is 17.3 Å². The monoisotopic (exact) mass is 325 g/mol. The minimum absolute atomic E-state index is 0.0764. The summed E-state index contributed by atoms with van der Waals surface area (Å²) in [5, 5.41) is 14.3. The first-order valence-corrected chi connectivity index (χ1v) is 8.38. The normalized spacial score (nSPS) is 15.3. The zero-order valence-electron chi connectivity index (χ0n) is 13.8. The lowest BCUT2D eigenvalue weighted by atomic mass is 9.84. The first-order valence-electron chi connectivity index (χ1n) is 8.38. The van der Waals surface area contributed by atoms with E-state index in [1.165, 1.54) is 43.9 Å². The number of hydrogen-bond donors (Lipinski definition) is 2. The van der Waals surface area contributed by atoms with Crippen LogP contribution in [-0.2, 0) is 9.59 Å². The number of Topliss-reactive ketones (excluding diaryl/α,β-unsaturated/α-hetero) is 2. The SMILES string of the molecule is N=CCC(=O)C(=N)C(=O)CC=Nc1ccc(C2CCCCC2)cc1. The predicted molar refractivity (Wildman–Crippen MR) is 96.2 cm³/mol. The number of rotatable bonds is 8. The van der Waals surface area contributed by atoms with Gasteiger partial charge < -0.3 is 5.41 Å². The van der Waals surface area contributed by atoms with Gasteiger partial charge >= 0.3 is 0 Å². The highest BCUT2D eigenvalue weighted by molar-refractivity contribution is 6.66. The highest BCUT2D eigenvalue weighted by Crippen LogP contribution is 2.33. The molecule has 1 fully saturated rings. The highest BCUT2D eigenvalue weighted by Gasteiger charge is 2.16. The van der Waals surface area contributed by atoms with E-state index in [9.17, 15) is 9.59 Å². The Morgan fingerprint density at radius 1 is 1.04 bits per heavy atom. The number of hydrogen-bond acceptors (Lipinski definition) is 5. The number of aliphatic imine (C=N–C) groups is 1. The summed E-state index contributed by atoms with van der Waals surface area (Å²) >= 11 is 0. The van der Waals surface area contributed by atoms with Crippen molar-refractivity contribution in [2.45, 2.75) is 50.9 Å². The van der Waals surface area contributed by atoms with E-state index in [4.69, 9.17) is 10.8 Å². The maximum Gasteiger partial charge on any atom is 0.189 e. The van der Waals surface area contributed by atoms with Crippen LogP contribution in [0.3, 0.4) is 0 Å². The van der Waals surface area contributed by atoms with E-state index in [0.717, 1.165) is 11.9 Å². The van der Waals surface area contributed by atoms with Gasteiger partial charge in [0.1, 0.15) is 5.71 Å². The molecule has 5 heteroatoms. The fourth-order valence-electron chi connectivity index (χ4n) is 2.95. The second-order valence-corrected chi connectivity index (χ2v) is 6.07. The average Bonchev–Trinajstić information content (AvgIpc) is 2.62. The molecule has 0 aliphatic heterocycles. The van der Waals surface area contributed by atoms with Crippen LogP contribution in [0, 0.1) is 10.8 Å². The Kier molecular flexibility index (Phi) is 6.73. The van der Waals surface area contributed by atoms with Crippen molar-refractivity contribution in [2.75, 3.05) is 0 Å². The van der Waals surface area contributed by atoms with Gasteiger partial charge in [-0.15, -0.1) is 0 Å². The minimum Gasteiger partial charge on any atom is -0.313 e. The first kappa shape index (κ1) is 17.9. The Balaban J connectivity index is 1.87. The Labute approximate surface area is 142 Å². The number of benzene rings is 1. The number of nitrogens with zero attached hydrogens (tertiary/aromatic N) is 1. The van der Waals surface area contributed by atoms with E-state index in [0.29, 0.717) is 5.92 Å². The second-order valence-electron chi connectivity index (χ2n) is 6.07. The molecular formula is C19H23N3O2. The first-order chi connectivity index (χ1) is 11.6. The zero-order chi connectivity index (χ0) is 17.4. The third-order valence-corrected chi connectivity index (χ3v) is 4.33. The van der Waals surface area contributed by atoms with Crippen LogP contribution in [0.15, 0.2) is 29.3 Å². The fraction of sp³-hybridized carbons (Fsp3) is 0.421. The van der Waals surface area contributed by atoms with E-state index in [1.807, 2.05) is 12.1 Å². The molecule has 2 N–H and O–H groups in total. The zero-order valence-corrected chi connectivity index (χ0v) is 13.8. The molecule has 24 heavy (non-hydrogen) atoms. The van der Waals surface area contributed by atoms with E-state index in [1.54, 1.807) is 0 Å². The molecule has 2 rings (SSSR count). The smallest absolute Gasteiger partial charge is 0.189 e. The van der Waals surface area contributed by atoms with Gasteiger partial charge in [-0.05, 0) is 36.5 Å². The molecule has 1 saturated carbocycles. The van der Waals surface area contributed by atoms with Gasteiger partial charge in [0, 0.05) is 25.3 Å². The lowest BCUT2D eigenvalue weighted by Gasteiger charge is -2.21. The van der Waals surface area contributed by atoms with Crippen LogP contribution < -0.4 is 0 Å². The van der Waals surface area contributed by atoms with Crippen molar-refractivity contribution in [2.24, 2.45) is 4.99 Å². The highest BCUT2D eigenvalue weighted by atomic mass is 16.1. The maximum absolute atomic E-state index is 11.7. The van der Waals surface area contributed by atoms with Crippen molar-refractivity contribution >= 4 is 35.4 Å². The van der Waals surface area contributed by atoms with Crippen LogP contribution in [0.25, 0.3) is 0 Å². The molecule has 0 bridgehead atoms. The molecule has 126 valence electrons. The summed E-state index contributed by atoms with van der Waals surface area (Å²) in [6.45, 7) is 0. The molecule has 1 aliphatic carbocycles. The van der Waals surface area contributed by atoms with E-state index >= 15 is 0 Å². The molecule has 0 saturated heterocycles. The molecule has 1 aromatic carbocycles. The molecule has 0 aromatic heterocycles. The summed E-state index contributed by atoms with van der Waals surface area (Å²) in [6, 6.07) is 8.08. The average molecular weight is 325 g/mol. The lowest BCUT2D eigenvalue weighted by Crippen LogP contribution is -2.23. The van der Waals surface area contributed by atoms with Crippen molar-refractivity contribution in [3.05, 3.63) is 29.8 Å². The molecule has 5 nitrogen and oxygen atoms in total. The van der Waals surface area contributed by atoms with Gasteiger partial charge in [-0.2, -0.15) is 0 Å². The standard InChI is InChI=1S/C19H23N3O2/c20-12-10-17(23)19(21)18(24)11-13-22-16-8-6-15(7-9-16)14-4-2-1-3-5-14/h6-9,12-14,20-21H,1-5,10-11H2. The summed E-state index contributed by atoms with van der Waals surface area (Å²) in [6.07, 6.45) is 8.49. The van der Waals surface area contributed by atoms with Gasteiger partial charge in [0.2, 0.25) is 0 Å². The predicted octanol–water partition coefficient (Wildman–Crippen LogP) is 4.02. The topological polar surface area (TPSA) is 94.2 Å². The number of ketones is 2. The largest absolute Gasteiger partial charge is 0.313 e. The summed E-state index contributed by atoms with van der Waals surface area (Å²) in [5.74, 6) is -0.539. The fourth-order valence-corrected chi connectivity index (χ4v) is 2.95. The lowest BCUT2D eigenvalue weighted by molar-refractivity contribution is -0.115. The Morgan fingerprint density at radius 3 is 2.29 bits per heavy atom. The van der Waals surface area contributed by atoms with Gasteiger partial charge in [0.05, 0.1) is 5.69 Å². The third-order valence-electron chi connectivity index (χ3n) is 4.33. The number of nitrogens with one attached hydrogen (secondary N) is 2. The van der Waals surface area contributed by atoms with Crippen molar-refractivity contribution in [3.63, 3.8) is 0 Å². The van der Waals surface area contributed by atoms with Crippen LogP contribution in [0.2, 0.25) is 0 Å². The molecule has 0 spiro atoms. The van der Waals surface area contributed by atoms with Gasteiger partial charge in [0.25, 0.3) is 0 Å². The molecule has 0 heterocycles. The van der Waals surface area contributed by atoms with Crippen molar-refractivity contribution < 1.29 is 9.59 Å². The maximum atomic E-state index is 11.7. The molecule has 0 atom stereocenters. The van der Waals surface area contributed by atoms with Crippen molar-refractivity contribution in [1.29, 1.82) is 10.8 Å². The van der Waals surface area contributed by atoms with Crippen LogP contribution in [-0.4, -0.2) is 29.7 Å². The third kappa shape index (κ3) is 5.05. The van der Waals surface area contributed by atoms with Crippen molar-refractivity contribution in [3.8, 4) is 0 Å². The van der Waals surface area contributed by atoms with Gasteiger partial charge in [-0.3, -0.25) is 20.0 Å². The summed E-state index contributed by atoms with van der Waals surface area (Å²) < 4.78 is 0. The van der Waals surface area contributed by atoms with Crippen LogP contribution >= 0.6 is 0 Å². The number of carbonyl (C=O) groups excluding carboxylic acids is 2. The van der Waals surface area contributed by atoms with Gasteiger partial charge in [0.15, 0.2) is 11.6 Å². The molecule has 0 unspecified atom stereocenters. The van der Waals surface area contributed by atoms with Crippen LogP contribution in [0.4, 0.5) is 5.69 Å². The molecular weight excluding hydrogens is 302 g/mol. The Hall–Kier alpha value is -2.43. The summed E-state index contributed by atoms with van der Waals surface area (Å²) in [5.41, 5.74) is 1.56. The second kappa shape index (κ2) is 9.01. The van der Waals surface area contributed by atoms with Gasteiger partial charge in [-0.1, -0.05) is 31.4 Å². The minimum atomic E-state index is -0.625. The van der Waals surface area contributed by atoms with E-state index in [2.05, 4.69) is 17.1 Å². The van der Waals surface area contributed by atoms with E-state index in [-0.39, 0.29) is 12.8 Å². The molecule has 1 aromatic rings. The van der Waals surface area contributed by atoms with Gasteiger partial charge in [-0.25, -0.2) is 0 Å². The number of carbonyl (C=O) groups is 2. The van der Waals surface area contributed by atoms with Crippen LogP contribution in [0.1, 0.15) is 56.4 Å². The summed E-state index contributed by atoms with van der Waals surface area (Å²) in [4.78, 5) is 27.3. The molecule has 0 radical (unpaired) electrons. The molecule has 0 amide bonds. The van der Waals surface area contributed by atoms with Crippen molar-refractivity contribution in [1.82, 2.24) is 0 Å². The molecule has 1 aliphatic rings. The quantitative estimate of drug-likeness (QED) is 0.558. The Morgan fingerprint density at radius 2 is 1.67 bits per heavy atom. The summed E-state index contributed by atoms with van der Waals surface area (Å²) in [7, 11) is 0. The van der Waals surface area contributed by atoms with Crippen LogP contribution in [0.5, 0.6) is 0 Å². The Bertz CT molecular complexity index is 641.